The molecule has 72 valence electrons. The highest BCUT2D eigenvalue weighted by molar-refractivity contribution is 7.99. The summed E-state index contributed by atoms with van der Waals surface area (Å²) in [5, 5.41) is 9.21. The minimum atomic E-state index is -0.305. The zero-order valence-electron chi connectivity index (χ0n) is 7.75. The lowest BCUT2D eigenvalue weighted by Crippen LogP contribution is -2.51. The lowest BCUT2D eigenvalue weighted by molar-refractivity contribution is 0.129. The minimum absolute atomic E-state index is 0.138. The van der Waals surface area contributed by atoms with E-state index >= 15 is 0 Å². The van der Waals surface area contributed by atoms with Crippen molar-refractivity contribution in [3.05, 3.63) is 0 Å². The van der Waals surface area contributed by atoms with Crippen LogP contribution in [0.4, 0.5) is 0 Å². The fourth-order valence-electron chi connectivity index (χ4n) is 1.80. The third-order valence-electron chi connectivity index (χ3n) is 2.99. The monoisotopic (exact) mass is 189 g/mol. The zero-order valence-corrected chi connectivity index (χ0v) is 8.57. The molecule has 1 aliphatic heterocycles. The van der Waals surface area contributed by atoms with Gasteiger partial charge in [0.25, 0.3) is 0 Å². The summed E-state index contributed by atoms with van der Waals surface area (Å²) >= 11 is 2.00. The second kappa shape index (κ2) is 4.49. The quantitative estimate of drug-likeness (QED) is 0.702. The van der Waals surface area contributed by atoms with Crippen LogP contribution < -0.4 is 5.73 Å². The average molecular weight is 189 g/mol. The van der Waals surface area contributed by atoms with Crippen LogP contribution in [0.3, 0.4) is 0 Å². The van der Waals surface area contributed by atoms with Crippen LogP contribution in [0.25, 0.3) is 0 Å². The van der Waals surface area contributed by atoms with Gasteiger partial charge in [-0.1, -0.05) is 6.92 Å². The van der Waals surface area contributed by atoms with Crippen molar-refractivity contribution in [2.24, 2.45) is 11.7 Å². The molecule has 0 saturated carbocycles. The van der Waals surface area contributed by atoms with E-state index in [2.05, 4.69) is 6.92 Å². The van der Waals surface area contributed by atoms with E-state index < -0.39 is 0 Å². The second-order valence-corrected chi connectivity index (χ2v) is 4.86. The number of rotatable bonds is 3. The van der Waals surface area contributed by atoms with Crippen LogP contribution in [-0.4, -0.2) is 28.8 Å². The van der Waals surface area contributed by atoms with E-state index in [1.54, 1.807) is 0 Å². The Morgan fingerprint density at radius 2 is 2.08 bits per heavy atom. The Balaban J connectivity index is 2.51. The van der Waals surface area contributed by atoms with E-state index in [1.807, 2.05) is 11.8 Å². The number of hydrogen-bond acceptors (Lipinski definition) is 3. The Labute approximate surface area is 78.9 Å². The highest BCUT2D eigenvalue weighted by atomic mass is 32.2. The van der Waals surface area contributed by atoms with Crippen molar-refractivity contribution < 1.29 is 5.11 Å². The first-order chi connectivity index (χ1) is 5.73. The van der Waals surface area contributed by atoms with Crippen LogP contribution in [0.1, 0.15) is 26.2 Å². The summed E-state index contributed by atoms with van der Waals surface area (Å²) in [6, 6.07) is 0. The number of aliphatic hydroxyl groups excluding tert-OH is 1. The summed E-state index contributed by atoms with van der Waals surface area (Å²) in [6.45, 7) is 2.21. The normalized spacial score (nSPS) is 25.2. The molecule has 0 amide bonds. The van der Waals surface area contributed by atoms with Gasteiger partial charge in [0.1, 0.15) is 0 Å². The smallest absolute Gasteiger partial charge is 0.0613 e. The molecule has 3 N–H and O–H groups in total. The summed E-state index contributed by atoms with van der Waals surface area (Å²) in [7, 11) is 0. The van der Waals surface area contributed by atoms with Crippen LogP contribution >= 0.6 is 11.8 Å². The Bertz CT molecular complexity index is 130. The maximum atomic E-state index is 9.21. The fraction of sp³-hybridized carbons (Fsp3) is 1.00. The summed E-state index contributed by atoms with van der Waals surface area (Å²) < 4.78 is 0. The van der Waals surface area contributed by atoms with Gasteiger partial charge in [-0.15, -0.1) is 0 Å². The maximum absolute atomic E-state index is 9.21. The predicted molar refractivity (Wildman–Crippen MR) is 54.3 cm³/mol. The van der Waals surface area contributed by atoms with E-state index in [4.69, 9.17) is 5.73 Å². The Morgan fingerprint density at radius 3 is 2.50 bits per heavy atom. The Morgan fingerprint density at radius 1 is 1.50 bits per heavy atom. The number of thioether (sulfide) groups is 1. The van der Waals surface area contributed by atoms with E-state index in [9.17, 15) is 5.11 Å². The summed E-state index contributed by atoms with van der Waals surface area (Å²) in [5.41, 5.74) is 5.81. The molecule has 1 rings (SSSR count). The number of aliphatic hydroxyl groups is 1. The van der Waals surface area contributed by atoms with Gasteiger partial charge < -0.3 is 10.8 Å². The molecule has 0 spiro atoms. The van der Waals surface area contributed by atoms with Crippen molar-refractivity contribution in [2.75, 3.05) is 18.1 Å². The van der Waals surface area contributed by atoms with Crippen LogP contribution in [0.5, 0.6) is 0 Å². The van der Waals surface area contributed by atoms with Crippen molar-refractivity contribution in [1.29, 1.82) is 0 Å². The second-order valence-electron chi connectivity index (χ2n) is 3.63. The van der Waals surface area contributed by atoms with Gasteiger partial charge >= 0.3 is 0 Å². The first kappa shape index (κ1) is 10.4. The molecule has 0 aliphatic carbocycles. The van der Waals surface area contributed by atoms with Gasteiger partial charge in [0.2, 0.25) is 0 Å². The standard InChI is InChI=1S/C9H19NOS/c1-2-9(10,7-11)8-3-5-12-6-4-8/h8,11H,2-7,10H2,1H3. The van der Waals surface area contributed by atoms with Crippen molar-refractivity contribution in [3.63, 3.8) is 0 Å². The SMILES string of the molecule is CCC(N)(CO)C1CCSCC1. The van der Waals surface area contributed by atoms with Crippen molar-refractivity contribution in [2.45, 2.75) is 31.7 Å². The molecule has 0 radical (unpaired) electrons. The molecular weight excluding hydrogens is 170 g/mol. The lowest BCUT2D eigenvalue weighted by atomic mass is 9.79. The van der Waals surface area contributed by atoms with E-state index in [1.165, 1.54) is 24.3 Å². The van der Waals surface area contributed by atoms with Gasteiger partial charge in [-0.2, -0.15) is 11.8 Å². The third kappa shape index (κ3) is 2.15. The van der Waals surface area contributed by atoms with Crippen LogP contribution in [-0.2, 0) is 0 Å². The highest BCUT2D eigenvalue weighted by Crippen LogP contribution is 2.31. The fourth-order valence-corrected chi connectivity index (χ4v) is 2.91. The highest BCUT2D eigenvalue weighted by Gasteiger charge is 2.33. The minimum Gasteiger partial charge on any atom is -0.394 e. The molecule has 3 heteroatoms. The molecule has 1 aliphatic rings. The number of hydrogen-bond donors (Lipinski definition) is 2. The van der Waals surface area contributed by atoms with Gasteiger partial charge in [-0.3, -0.25) is 0 Å². The molecular formula is C9H19NOS. The first-order valence-corrected chi connectivity index (χ1v) is 5.86. The van der Waals surface area contributed by atoms with Crippen LogP contribution in [0.2, 0.25) is 0 Å². The molecule has 1 unspecified atom stereocenters. The maximum Gasteiger partial charge on any atom is 0.0613 e. The molecule has 1 atom stereocenters. The topological polar surface area (TPSA) is 46.2 Å². The van der Waals surface area contributed by atoms with Gasteiger partial charge in [0, 0.05) is 5.54 Å². The average Bonchev–Trinajstić information content (AvgIpc) is 2.18. The summed E-state index contributed by atoms with van der Waals surface area (Å²) in [5.74, 6) is 2.96. The van der Waals surface area contributed by atoms with Crippen molar-refractivity contribution >= 4 is 11.8 Å². The molecule has 12 heavy (non-hydrogen) atoms. The third-order valence-corrected chi connectivity index (χ3v) is 4.04. The van der Waals surface area contributed by atoms with Gasteiger partial charge in [-0.25, -0.2) is 0 Å². The molecule has 0 bridgehead atoms. The molecule has 1 fully saturated rings. The lowest BCUT2D eigenvalue weighted by Gasteiger charge is -2.37. The zero-order chi connectivity index (χ0) is 9.03. The van der Waals surface area contributed by atoms with Crippen molar-refractivity contribution in [1.82, 2.24) is 0 Å². The molecule has 1 heterocycles. The largest absolute Gasteiger partial charge is 0.394 e. The molecule has 1 saturated heterocycles. The van der Waals surface area contributed by atoms with Crippen LogP contribution in [0.15, 0.2) is 0 Å². The van der Waals surface area contributed by atoms with E-state index in [0.29, 0.717) is 5.92 Å². The molecule has 0 aromatic heterocycles. The van der Waals surface area contributed by atoms with E-state index in [0.717, 1.165) is 6.42 Å². The predicted octanol–water partition coefficient (Wildman–Crippen LogP) is 1.23. The molecule has 0 aromatic carbocycles. The summed E-state index contributed by atoms with van der Waals surface area (Å²) in [6.07, 6.45) is 3.24. The van der Waals surface area contributed by atoms with E-state index in [-0.39, 0.29) is 12.1 Å². The van der Waals surface area contributed by atoms with Crippen LogP contribution in [0, 0.1) is 5.92 Å². The van der Waals surface area contributed by atoms with Gasteiger partial charge in [-0.05, 0) is 36.7 Å². The first-order valence-electron chi connectivity index (χ1n) is 4.70. The molecule has 2 nitrogen and oxygen atoms in total. The molecule has 0 aromatic rings. The number of nitrogens with two attached hydrogens (primary N) is 1. The summed E-state index contributed by atoms with van der Waals surface area (Å²) in [4.78, 5) is 0. The Hall–Kier alpha value is 0.270. The van der Waals surface area contributed by atoms with Crippen molar-refractivity contribution in [3.8, 4) is 0 Å². The van der Waals surface area contributed by atoms with Gasteiger partial charge in [0.15, 0.2) is 0 Å². The Kier molecular flexibility index (Phi) is 3.87. The van der Waals surface area contributed by atoms with Gasteiger partial charge in [0.05, 0.1) is 6.61 Å².